The number of hydrogen-bond acceptors (Lipinski definition) is 6. The van der Waals surface area contributed by atoms with Gasteiger partial charge in [0.05, 0.1) is 6.07 Å². The first-order valence-electron chi connectivity index (χ1n) is 18.6. The summed E-state index contributed by atoms with van der Waals surface area (Å²) in [5, 5.41) is 16.3. The number of carboxylic acid groups (broad SMARTS) is 1. The van der Waals surface area contributed by atoms with Crippen LogP contribution in [0.1, 0.15) is 77.1 Å². The number of benzene rings is 3. The highest BCUT2D eigenvalue weighted by Gasteiger charge is 2.37. The number of carboxylic acids is 1. The molecule has 2 unspecified atom stereocenters. The largest absolute Gasteiger partial charge is 0.481 e. The number of unbranched alkanes of at least 4 members (excludes halogenated alkanes) is 1. The van der Waals surface area contributed by atoms with Crippen molar-refractivity contribution in [3.63, 3.8) is 0 Å². The lowest BCUT2D eigenvalue weighted by Crippen LogP contribution is -2.52. The number of carbonyl (C=O) groups excluding carboxylic acids is 3. The van der Waals surface area contributed by atoms with Crippen molar-refractivity contribution in [2.45, 2.75) is 78.8 Å². The van der Waals surface area contributed by atoms with Gasteiger partial charge in [0.25, 0.3) is 5.91 Å². The van der Waals surface area contributed by atoms with Crippen molar-refractivity contribution in [2.24, 2.45) is 0 Å². The zero-order valence-electron chi connectivity index (χ0n) is 31.0. The number of anilines is 1. The van der Waals surface area contributed by atoms with Gasteiger partial charge in [-0.1, -0.05) is 18.2 Å². The lowest BCUT2D eigenvalue weighted by atomic mass is 9.90. The summed E-state index contributed by atoms with van der Waals surface area (Å²) in [6, 6.07) is 18.5. The van der Waals surface area contributed by atoms with Crippen LogP contribution in [0, 0.1) is 0 Å². The van der Waals surface area contributed by atoms with Gasteiger partial charge in [-0.25, -0.2) is 4.58 Å². The number of nitrogens with zero attached hydrogens (tertiary/aromatic N) is 3. The van der Waals surface area contributed by atoms with Gasteiger partial charge in [0, 0.05) is 72.5 Å². The summed E-state index contributed by atoms with van der Waals surface area (Å²) in [6.45, 7) is 14.3. The van der Waals surface area contributed by atoms with Crippen LogP contribution in [0.25, 0.3) is 33.4 Å². The average Bonchev–Trinajstić information content (AvgIpc) is 3.64. The summed E-state index contributed by atoms with van der Waals surface area (Å²) in [7, 11) is 0. The van der Waals surface area contributed by atoms with Crippen molar-refractivity contribution in [3.8, 4) is 22.5 Å². The zero-order chi connectivity index (χ0) is 37.4. The van der Waals surface area contributed by atoms with E-state index < -0.39 is 18.1 Å². The summed E-state index contributed by atoms with van der Waals surface area (Å²) in [5.41, 5.74) is 4.81. The molecule has 1 fully saturated rings. The lowest BCUT2D eigenvalue weighted by molar-refractivity contribution is -0.137. The van der Waals surface area contributed by atoms with Crippen molar-refractivity contribution >= 4 is 40.3 Å². The van der Waals surface area contributed by atoms with Crippen molar-refractivity contribution < 1.29 is 28.7 Å². The molecule has 11 heteroatoms. The van der Waals surface area contributed by atoms with Crippen LogP contribution in [0.4, 0.5) is 5.69 Å². The van der Waals surface area contributed by atoms with E-state index in [9.17, 15) is 19.2 Å². The fourth-order valence-corrected chi connectivity index (χ4v) is 7.19. The Bertz CT molecular complexity index is 1960. The molecule has 0 bridgehead atoms. The molecule has 0 radical (unpaired) electrons. The van der Waals surface area contributed by atoms with E-state index in [2.05, 4.69) is 84.2 Å². The van der Waals surface area contributed by atoms with Gasteiger partial charge in [0.15, 0.2) is 0 Å². The van der Waals surface area contributed by atoms with Crippen LogP contribution in [0.15, 0.2) is 65.1 Å². The monoisotopic (exact) mass is 710 g/mol. The Kier molecular flexibility index (Phi) is 12.7. The molecule has 2 heterocycles. The quantitative estimate of drug-likeness (QED) is 0.0861. The number of likely N-dealkylation sites (tertiary alicyclic amines) is 1. The van der Waals surface area contributed by atoms with Gasteiger partial charge in [0.1, 0.15) is 36.5 Å². The predicted octanol–water partition coefficient (Wildman–Crippen LogP) is 5.34. The molecule has 3 aliphatic rings. The maximum absolute atomic E-state index is 14.5. The van der Waals surface area contributed by atoms with Gasteiger partial charge >= 0.3 is 5.97 Å². The van der Waals surface area contributed by atoms with E-state index in [1.807, 2.05) is 24.3 Å². The van der Waals surface area contributed by atoms with E-state index in [-0.39, 0.29) is 24.1 Å². The highest BCUT2D eigenvalue weighted by molar-refractivity contribution is 6.10. The van der Waals surface area contributed by atoms with Crippen molar-refractivity contribution in [1.29, 1.82) is 0 Å². The molecule has 0 aromatic heterocycles. The van der Waals surface area contributed by atoms with Crippen molar-refractivity contribution in [2.75, 3.05) is 44.2 Å². The Labute approximate surface area is 305 Å². The average molecular weight is 711 g/mol. The van der Waals surface area contributed by atoms with E-state index in [0.29, 0.717) is 44.3 Å². The second kappa shape index (κ2) is 17.4. The normalized spacial score (nSPS) is 14.7. The number of nitrogens with one attached hydrogen (secondary N) is 2. The second-order valence-corrected chi connectivity index (χ2v) is 13.3. The number of rotatable bonds is 15. The Morgan fingerprint density at radius 3 is 2.42 bits per heavy atom. The maximum Gasteiger partial charge on any atom is 0.303 e. The molecule has 2 aromatic rings. The smallest absolute Gasteiger partial charge is 0.303 e. The number of fused-ring (bicyclic) bond motifs is 2. The third-order valence-corrected chi connectivity index (χ3v) is 10.1. The van der Waals surface area contributed by atoms with Crippen LogP contribution >= 0.6 is 0 Å². The molecule has 2 aromatic carbocycles. The summed E-state index contributed by atoms with van der Waals surface area (Å²) in [6.07, 6.45) is 2.17. The third-order valence-electron chi connectivity index (χ3n) is 10.1. The van der Waals surface area contributed by atoms with Crippen molar-refractivity contribution in [3.05, 3.63) is 71.6 Å². The molecule has 0 saturated carbocycles. The van der Waals surface area contributed by atoms with Crippen LogP contribution in [0.2, 0.25) is 0 Å². The number of hydrogen-bond donors (Lipinski definition) is 3. The Balaban J connectivity index is 1.50. The molecular weight excluding hydrogens is 658 g/mol. The molecule has 5 rings (SSSR count). The van der Waals surface area contributed by atoms with Crippen LogP contribution in [-0.2, 0) is 14.4 Å². The molecule has 1 saturated heterocycles. The van der Waals surface area contributed by atoms with Crippen molar-refractivity contribution in [1.82, 2.24) is 20.1 Å². The van der Waals surface area contributed by atoms with Crippen LogP contribution < -0.4 is 25.5 Å². The summed E-state index contributed by atoms with van der Waals surface area (Å²) in [4.78, 5) is 55.4. The first kappa shape index (κ1) is 38.1. The van der Waals surface area contributed by atoms with Gasteiger partial charge < -0.3 is 30.0 Å². The number of carbonyl (C=O) groups is 4. The van der Waals surface area contributed by atoms with E-state index >= 15 is 0 Å². The molecule has 2 aliphatic heterocycles. The topological polar surface area (TPSA) is 135 Å². The van der Waals surface area contributed by atoms with Crippen LogP contribution in [0.3, 0.4) is 0 Å². The number of aliphatic carboxylic acids is 1. The molecule has 2 atom stereocenters. The lowest BCUT2D eigenvalue weighted by Gasteiger charge is -2.27. The zero-order valence-corrected chi connectivity index (χ0v) is 31.0. The minimum absolute atomic E-state index is 0.0397. The van der Waals surface area contributed by atoms with E-state index in [1.165, 1.54) is 0 Å². The summed E-state index contributed by atoms with van der Waals surface area (Å²) < 4.78 is 8.93. The first-order valence-corrected chi connectivity index (χ1v) is 18.6. The highest BCUT2D eigenvalue weighted by atomic mass is 16.4. The third kappa shape index (κ3) is 8.30. The Hall–Kier alpha value is -5.19. The summed E-state index contributed by atoms with van der Waals surface area (Å²) in [5.74, 6) is -1.13. The molecule has 0 spiro atoms. The predicted molar refractivity (Wildman–Crippen MR) is 204 cm³/mol. The minimum Gasteiger partial charge on any atom is -0.481 e. The molecule has 276 valence electrons. The van der Waals surface area contributed by atoms with Gasteiger partial charge in [-0.2, -0.15) is 0 Å². The molecular formula is C41H52N5O6+. The maximum atomic E-state index is 14.5. The van der Waals surface area contributed by atoms with Crippen LogP contribution in [-0.4, -0.2) is 85.0 Å². The van der Waals surface area contributed by atoms with E-state index in [4.69, 9.17) is 9.52 Å². The molecule has 52 heavy (non-hydrogen) atoms. The van der Waals surface area contributed by atoms with Gasteiger partial charge in [-0.3, -0.25) is 19.2 Å². The van der Waals surface area contributed by atoms with Gasteiger partial charge in [-0.15, -0.1) is 0 Å². The highest BCUT2D eigenvalue weighted by Crippen LogP contribution is 2.42. The minimum atomic E-state index is -0.875. The fourth-order valence-electron chi connectivity index (χ4n) is 7.19. The molecule has 3 amide bonds. The van der Waals surface area contributed by atoms with Gasteiger partial charge in [-0.05, 0) is 90.1 Å². The first-order chi connectivity index (χ1) is 25.1. The van der Waals surface area contributed by atoms with E-state index in [0.717, 1.165) is 70.6 Å². The number of amides is 3. The molecule has 3 N–H and O–H groups in total. The van der Waals surface area contributed by atoms with Gasteiger partial charge in [0.2, 0.25) is 17.2 Å². The Morgan fingerprint density at radius 2 is 1.71 bits per heavy atom. The fraction of sp³-hybridized carbons (Fsp3) is 0.439. The second-order valence-electron chi connectivity index (χ2n) is 13.3. The molecule has 11 nitrogen and oxygen atoms in total. The van der Waals surface area contributed by atoms with Crippen LogP contribution in [0.5, 0.6) is 0 Å². The Morgan fingerprint density at radius 1 is 0.962 bits per heavy atom. The van der Waals surface area contributed by atoms with E-state index in [1.54, 1.807) is 11.8 Å². The standard InChI is InChI=1S/C41H51N5O6/c1-6-44(7-2)28-19-21-32-35(25-28)52-36-26-29(45(8-3)9-4)20-22-33(36)38(32)30-15-10-11-16-31(30)41(51)46-24-14-17-34(46)40(50)43-27(5)39(49)42-23-13-12-18-37(47)48/h10-11,15-16,19-22,25-27,34H,6-9,12-14,17-18,23-24H2,1-5H3,(H2-,42,43,47,48,49,50)/p+1. The summed E-state index contributed by atoms with van der Waals surface area (Å²) >= 11 is 0. The SMILES string of the molecule is CCN(CC)c1ccc2c(-c3ccccc3C(=O)N3CCCC3C(=O)NC(C)C(=O)NCCCCC(=O)O)c3ccc(=[N+](CC)CC)cc-3oc2c1. The molecule has 1 aliphatic carbocycles.